The fourth-order valence-electron chi connectivity index (χ4n) is 1.38. The minimum absolute atomic E-state index is 0.136. The fourth-order valence-corrected chi connectivity index (χ4v) is 1.38. The van der Waals surface area contributed by atoms with Crippen LogP contribution in [-0.2, 0) is 0 Å². The smallest absolute Gasteiger partial charge is 0.324 e. The molecule has 1 heterocycles. The van der Waals surface area contributed by atoms with Gasteiger partial charge in [-0.1, -0.05) is 6.07 Å². The number of phenols is 2. The Bertz CT molecular complexity index is 537. The lowest BCUT2D eigenvalue weighted by atomic mass is 10.3. The number of hydrogen-bond acceptors (Lipinski definition) is 4. The molecule has 92 valence electrons. The summed E-state index contributed by atoms with van der Waals surface area (Å²) in [6, 6.07) is 8.40. The van der Waals surface area contributed by atoms with Crippen molar-refractivity contribution in [1.82, 2.24) is 4.98 Å². The predicted molar refractivity (Wildman–Crippen MR) is 66.7 cm³/mol. The Morgan fingerprint density at radius 3 is 2.39 bits per heavy atom. The summed E-state index contributed by atoms with van der Waals surface area (Å²) in [6.45, 7) is 0. The van der Waals surface area contributed by atoms with Gasteiger partial charge in [0.05, 0.1) is 0 Å². The molecule has 4 N–H and O–H groups in total. The number of anilines is 2. The molecular weight excluding hydrogens is 234 g/mol. The Kier molecular flexibility index (Phi) is 3.29. The van der Waals surface area contributed by atoms with Gasteiger partial charge in [0, 0.05) is 30.1 Å². The van der Waals surface area contributed by atoms with Gasteiger partial charge in [-0.25, -0.2) is 9.78 Å². The summed E-state index contributed by atoms with van der Waals surface area (Å²) in [5.41, 5.74) is 0.279. The van der Waals surface area contributed by atoms with Crippen LogP contribution in [0.5, 0.6) is 11.5 Å². The molecule has 18 heavy (non-hydrogen) atoms. The maximum Gasteiger partial charge on any atom is 0.324 e. The first-order chi connectivity index (χ1) is 8.63. The monoisotopic (exact) mass is 245 g/mol. The van der Waals surface area contributed by atoms with Crippen LogP contribution in [0.3, 0.4) is 0 Å². The van der Waals surface area contributed by atoms with Crippen molar-refractivity contribution in [3.63, 3.8) is 0 Å². The van der Waals surface area contributed by atoms with Crippen molar-refractivity contribution in [1.29, 1.82) is 0 Å². The van der Waals surface area contributed by atoms with Crippen LogP contribution < -0.4 is 10.6 Å². The molecule has 0 bridgehead atoms. The number of benzene rings is 1. The Balaban J connectivity index is 2.03. The van der Waals surface area contributed by atoms with E-state index in [4.69, 9.17) is 0 Å². The second-order valence-corrected chi connectivity index (χ2v) is 3.53. The van der Waals surface area contributed by atoms with Crippen molar-refractivity contribution in [2.75, 3.05) is 10.6 Å². The molecule has 1 aromatic heterocycles. The maximum atomic E-state index is 11.6. The number of pyridine rings is 1. The van der Waals surface area contributed by atoms with E-state index >= 15 is 0 Å². The topological polar surface area (TPSA) is 94.5 Å². The summed E-state index contributed by atoms with van der Waals surface area (Å²) in [6.07, 6.45) is 1.55. The third-order valence-corrected chi connectivity index (χ3v) is 2.07. The van der Waals surface area contributed by atoms with Crippen LogP contribution in [0.1, 0.15) is 0 Å². The molecule has 6 nitrogen and oxygen atoms in total. The van der Waals surface area contributed by atoms with E-state index in [9.17, 15) is 15.0 Å². The minimum Gasteiger partial charge on any atom is -0.508 e. The minimum atomic E-state index is -0.515. The third-order valence-electron chi connectivity index (χ3n) is 2.07. The summed E-state index contributed by atoms with van der Waals surface area (Å²) < 4.78 is 0. The highest BCUT2D eigenvalue weighted by Crippen LogP contribution is 2.23. The molecule has 0 unspecified atom stereocenters. The van der Waals surface area contributed by atoms with Gasteiger partial charge in [-0.2, -0.15) is 0 Å². The van der Waals surface area contributed by atoms with E-state index < -0.39 is 6.03 Å². The van der Waals surface area contributed by atoms with Gasteiger partial charge >= 0.3 is 6.03 Å². The number of aromatic nitrogens is 1. The zero-order valence-electron chi connectivity index (χ0n) is 9.29. The van der Waals surface area contributed by atoms with Crippen LogP contribution in [0.15, 0.2) is 42.6 Å². The highest BCUT2D eigenvalue weighted by molar-refractivity contribution is 5.99. The van der Waals surface area contributed by atoms with E-state index in [0.717, 1.165) is 0 Å². The van der Waals surface area contributed by atoms with Gasteiger partial charge < -0.3 is 15.5 Å². The third kappa shape index (κ3) is 3.11. The first-order valence-electron chi connectivity index (χ1n) is 5.15. The van der Waals surface area contributed by atoms with Gasteiger partial charge in [0.25, 0.3) is 0 Å². The van der Waals surface area contributed by atoms with E-state index in [-0.39, 0.29) is 17.2 Å². The molecule has 6 heteroatoms. The van der Waals surface area contributed by atoms with Crippen molar-refractivity contribution in [3.05, 3.63) is 42.6 Å². The standard InChI is InChI=1S/C12H11N3O3/c16-9-5-8(6-10(17)7-9)14-12(18)15-11-3-1-2-4-13-11/h1-7,16-17H,(H2,13,14,15,18). The molecule has 0 saturated carbocycles. The number of urea groups is 1. The number of carbonyl (C=O) groups excluding carboxylic acids is 1. The van der Waals surface area contributed by atoms with E-state index in [1.807, 2.05) is 0 Å². The molecule has 0 aliphatic carbocycles. The quantitative estimate of drug-likeness (QED) is 0.652. The zero-order chi connectivity index (χ0) is 13.0. The van der Waals surface area contributed by atoms with Crippen molar-refractivity contribution < 1.29 is 15.0 Å². The van der Waals surface area contributed by atoms with Gasteiger partial charge in [-0.15, -0.1) is 0 Å². The Morgan fingerprint density at radius 2 is 1.78 bits per heavy atom. The molecule has 2 aromatic rings. The average Bonchev–Trinajstić information content (AvgIpc) is 2.28. The summed E-state index contributed by atoms with van der Waals surface area (Å²) in [5, 5.41) is 23.5. The van der Waals surface area contributed by atoms with Crippen LogP contribution in [0.25, 0.3) is 0 Å². The molecule has 0 aliphatic heterocycles. The first-order valence-corrected chi connectivity index (χ1v) is 5.15. The zero-order valence-corrected chi connectivity index (χ0v) is 9.29. The second-order valence-electron chi connectivity index (χ2n) is 3.53. The molecule has 0 saturated heterocycles. The number of amides is 2. The summed E-state index contributed by atoms with van der Waals surface area (Å²) >= 11 is 0. The summed E-state index contributed by atoms with van der Waals surface area (Å²) in [5.74, 6) is 0.130. The number of hydrogen-bond donors (Lipinski definition) is 4. The fraction of sp³-hybridized carbons (Fsp3) is 0. The van der Waals surface area contributed by atoms with Crippen molar-refractivity contribution in [3.8, 4) is 11.5 Å². The van der Waals surface area contributed by atoms with Gasteiger partial charge in [-0.3, -0.25) is 5.32 Å². The summed E-state index contributed by atoms with van der Waals surface area (Å²) in [7, 11) is 0. The number of rotatable bonds is 2. The number of carbonyl (C=O) groups is 1. The van der Waals surface area contributed by atoms with Gasteiger partial charge in [0.2, 0.25) is 0 Å². The lowest BCUT2D eigenvalue weighted by Gasteiger charge is -2.07. The highest BCUT2D eigenvalue weighted by Gasteiger charge is 2.05. The molecule has 0 fully saturated rings. The van der Waals surface area contributed by atoms with Crippen molar-refractivity contribution in [2.45, 2.75) is 0 Å². The van der Waals surface area contributed by atoms with Gasteiger partial charge in [-0.05, 0) is 12.1 Å². The molecule has 0 radical (unpaired) electrons. The molecule has 2 rings (SSSR count). The number of nitrogens with one attached hydrogen (secondary N) is 2. The van der Waals surface area contributed by atoms with E-state index in [1.54, 1.807) is 24.4 Å². The van der Waals surface area contributed by atoms with Crippen molar-refractivity contribution >= 4 is 17.5 Å². The molecule has 0 aliphatic rings. The molecular formula is C12H11N3O3. The van der Waals surface area contributed by atoms with Gasteiger partial charge in [0.15, 0.2) is 0 Å². The first kappa shape index (κ1) is 11.7. The molecule has 2 amide bonds. The van der Waals surface area contributed by atoms with Crippen molar-refractivity contribution in [2.24, 2.45) is 0 Å². The normalized spacial score (nSPS) is 9.78. The van der Waals surface area contributed by atoms with E-state index in [2.05, 4.69) is 15.6 Å². The van der Waals surface area contributed by atoms with Crippen LogP contribution >= 0.6 is 0 Å². The SMILES string of the molecule is O=C(Nc1cc(O)cc(O)c1)Nc1ccccn1. The lowest BCUT2D eigenvalue weighted by Crippen LogP contribution is -2.19. The number of nitrogens with zero attached hydrogens (tertiary/aromatic N) is 1. The molecule has 0 atom stereocenters. The largest absolute Gasteiger partial charge is 0.508 e. The highest BCUT2D eigenvalue weighted by atomic mass is 16.3. The molecule has 1 aromatic carbocycles. The van der Waals surface area contributed by atoms with Crippen LogP contribution in [0.2, 0.25) is 0 Å². The van der Waals surface area contributed by atoms with Crippen LogP contribution in [0, 0.1) is 0 Å². The maximum absolute atomic E-state index is 11.6. The Hall–Kier alpha value is -2.76. The molecule has 0 spiro atoms. The summed E-state index contributed by atoms with van der Waals surface area (Å²) in [4.78, 5) is 15.5. The number of phenolic OH excluding ortho intramolecular Hbond substituents is 2. The lowest BCUT2D eigenvalue weighted by molar-refractivity contribution is 0.262. The number of aromatic hydroxyl groups is 2. The second kappa shape index (κ2) is 5.05. The van der Waals surface area contributed by atoms with Crippen LogP contribution in [0.4, 0.5) is 16.3 Å². The van der Waals surface area contributed by atoms with E-state index in [0.29, 0.717) is 5.82 Å². The van der Waals surface area contributed by atoms with Crippen LogP contribution in [-0.4, -0.2) is 21.2 Å². The predicted octanol–water partition coefficient (Wildman–Crippen LogP) is 2.14. The van der Waals surface area contributed by atoms with E-state index in [1.165, 1.54) is 18.2 Å². The Labute approximate surface area is 103 Å². The average molecular weight is 245 g/mol. The van der Waals surface area contributed by atoms with Gasteiger partial charge in [0.1, 0.15) is 17.3 Å². The Morgan fingerprint density at radius 1 is 1.06 bits per heavy atom.